The lowest BCUT2D eigenvalue weighted by Gasteiger charge is -2.21. The zero-order chi connectivity index (χ0) is 15.1. The zero-order valence-corrected chi connectivity index (χ0v) is 13.2. The van der Waals surface area contributed by atoms with Crippen LogP contribution in [0.2, 0.25) is 0 Å². The number of nitrogens with zero attached hydrogens (tertiary/aromatic N) is 2. The first-order valence-corrected chi connectivity index (χ1v) is 7.11. The maximum atomic E-state index is 10.3. The van der Waals surface area contributed by atoms with Gasteiger partial charge in [0, 0.05) is 17.2 Å². The Morgan fingerprint density at radius 3 is 2.25 bits per heavy atom. The Morgan fingerprint density at radius 1 is 1.15 bits per heavy atom. The molecule has 2 aromatic rings. The van der Waals surface area contributed by atoms with Crippen molar-refractivity contribution in [2.75, 3.05) is 0 Å². The molecule has 0 aliphatic rings. The molecule has 0 bridgehead atoms. The van der Waals surface area contributed by atoms with Crippen molar-refractivity contribution < 1.29 is 5.11 Å². The van der Waals surface area contributed by atoms with Crippen molar-refractivity contribution >= 4 is 0 Å². The topological polar surface area (TPSA) is 38.1 Å². The van der Waals surface area contributed by atoms with Gasteiger partial charge in [-0.25, -0.2) is 0 Å². The van der Waals surface area contributed by atoms with E-state index in [1.807, 2.05) is 16.8 Å². The van der Waals surface area contributed by atoms with Crippen LogP contribution in [0.1, 0.15) is 51.8 Å². The number of benzene rings is 1. The van der Waals surface area contributed by atoms with Gasteiger partial charge >= 0.3 is 0 Å². The molecule has 1 aromatic heterocycles. The lowest BCUT2D eigenvalue weighted by Crippen LogP contribution is -2.14. The van der Waals surface area contributed by atoms with Crippen LogP contribution in [-0.4, -0.2) is 14.9 Å². The van der Waals surface area contributed by atoms with E-state index in [1.165, 1.54) is 5.56 Å². The Balaban J connectivity index is 2.82. The molecule has 0 unspecified atom stereocenters. The summed E-state index contributed by atoms with van der Waals surface area (Å²) in [7, 11) is 0. The van der Waals surface area contributed by atoms with Gasteiger partial charge in [0.2, 0.25) is 5.88 Å². The van der Waals surface area contributed by atoms with Crippen LogP contribution in [0.25, 0.3) is 11.3 Å². The maximum Gasteiger partial charge on any atom is 0.234 e. The molecular formula is C17H24N2O. The summed E-state index contributed by atoms with van der Waals surface area (Å²) in [6, 6.07) is 8.46. The SMILES string of the molecule is Cc1ccccc1-c1c(C(C)(C)C)c(O)nn1C(C)C. The second-order valence-corrected chi connectivity index (χ2v) is 6.65. The Kier molecular flexibility index (Phi) is 3.63. The summed E-state index contributed by atoms with van der Waals surface area (Å²) < 4.78 is 1.93. The van der Waals surface area contributed by atoms with E-state index in [4.69, 9.17) is 0 Å². The number of aromatic nitrogens is 2. The number of rotatable bonds is 2. The molecule has 2 rings (SSSR count). The number of aryl methyl sites for hydroxylation is 1. The normalized spacial score (nSPS) is 12.2. The van der Waals surface area contributed by atoms with Gasteiger partial charge in [0.25, 0.3) is 0 Å². The van der Waals surface area contributed by atoms with Crippen LogP contribution in [0, 0.1) is 6.92 Å². The van der Waals surface area contributed by atoms with Crippen LogP contribution < -0.4 is 0 Å². The summed E-state index contributed by atoms with van der Waals surface area (Å²) in [6.07, 6.45) is 0. The standard InChI is InChI=1S/C17H24N2O/c1-11(2)19-15(13-10-8-7-9-12(13)3)14(16(20)18-19)17(4,5)6/h7-11H,1-6H3,(H,18,20). The van der Waals surface area contributed by atoms with Crippen LogP contribution in [-0.2, 0) is 5.41 Å². The van der Waals surface area contributed by atoms with Gasteiger partial charge in [0.1, 0.15) is 0 Å². The van der Waals surface area contributed by atoms with Crippen molar-refractivity contribution in [2.45, 2.75) is 53.0 Å². The fraction of sp³-hybridized carbons (Fsp3) is 0.471. The van der Waals surface area contributed by atoms with Gasteiger partial charge in [-0.3, -0.25) is 4.68 Å². The van der Waals surface area contributed by atoms with Crippen LogP contribution in [0.5, 0.6) is 5.88 Å². The third-order valence-corrected chi connectivity index (χ3v) is 3.53. The minimum Gasteiger partial charge on any atom is -0.492 e. The Morgan fingerprint density at radius 2 is 1.75 bits per heavy atom. The Bertz CT molecular complexity index is 618. The van der Waals surface area contributed by atoms with Crippen molar-refractivity contribution in [3.63, 3.8) is 0 Å². The average Bonchev–Trinajstić information content (AvgIpc) is 2.67. The van der Waals surface area contributed by atoms with Gasteiger partial charge < -0.3 is 5.11 Å². The van der Waals surface area contributed by atoms with Crippen LogP contribution >= 0.6 is 0 Å². The van der Waals surface area contributed by atoms with E-state index in [2.05, 4.69) is 58.8 Å². The van der Waals surface area contributed by atoms with E-state index >= 15 is 0 Å². The van der Waals surface area contributed by atoms with Gasteiger partial charge in [0.15, 0.2) is 0 Å². The molecule has 0 spiro atoms. The average molecular weight is 272 g/mol. The van der Waals surface area contributed by atoms with Crippen LogP contribution in [0.15, 0.2) is 24.3 Å². The van der Waals surface area contributed by atoms with Gasteiger partial charge in [-0.15, -0.1) is 5.10 Å². The molecule has 0 amide bonds. The molecule has 3 heteroatoms. The minimum atomic E-state index is -0.158. The molecule has 3 nitrogen and oxygen atoms in total. The maximum absolute atomic E-state index is 10.3. The highest BCUT2D eigenvalue weighted by atomic mass is 16.3. The molecule has 0 aliphatic heterocycles. The van der Waals surface area contributed by atoms with Crippen molar-refractivity contribution in [2.24, 2.45) is 0 Å². The largest absolute Gasteiger partial charge is 0.492 e. The smallest absolute Gasteiger partial charge is 0.234 e. The molecule has 0 fully saturated rings. The van der Waals surface area contributed by atoms with Crippen molar-refractivity contribution in [1.29, 1.82) is 0 Å². The Labute approximate surface area is 121 Å². The number of hydrogen-bond donors (Lipinski definition) is 1. The molecule has 0 atom stereocenters. The molecule has 108 valence electrons. The molecule has 20 heavy (non-hydrogen) atoms. The second-order valence-electron chi connectivity index (χ2n) is 6.65. The highest BCUT2D eigenvalue weighted by molar-refractivity contribution is 5.70. The molecule has 1 aromatic carbocycles. The van der Waals surface area contributed by atoms with Crippen molar-refractivity contribution in [3.8, 4) is 17.1 Å². The Hall–Kier alpha value is -1.77. The van der Waals surface area contributed by atoms with E-state index in [9.17, 15) is 5.11 Å². The molecule has 1 heterocycles. The van der Waals surface area contributed by atoms with Gasteiger partial charge in [-0.05, 0) is 31.7 Å². The second kappa shape index (κ2) is 4.97. The van der Waals surface area contributed by atoms with Gasteiger partial charge in [-0.2, -0.15) is 0 Å². The number of aromatic hydroxyl groups is 1. The predicted octanol–water partition coefficient (Wildman–Crippen LogP) is 4.44. The lowest BCUT2D eigenvalue weighted by atomic mass is 9.84. The van der Waals surface area contributed by atoms with E-state index in [0.717, 1.165) is 16.8 Å². The van der Waals surface area contributed by atoms with Crippen molar-refractivity contribution in [3.05, 3.63) is 35.4 Å². The quantitative estimate of drug-likeness (QED) is 0.877. The highest BCUT2D eigenvalue weighted by Gasteiger charge is 2.29. The van der Waals surface area contributed by atoms with Gasteiger partial charge in [0.05, 0.1) is 5.69 Å². The first-order valence-electron chi connectivity index (χ1n) is 7.11. The molecule has 1 N–H and O–H groups in total. The summed E-state index contributed by atoms with van der Waals surface area (Å²) in [6.45, 7) is 12.6. The van der Waals surface area contributed by atoms with Crippen LogP contribution in [0.3, 0.4) is 0 Å². The third-order valence-electron chi connectivity index (χ3n) is 3.53. The fourth-order valence-electron chi connectivity index (χ4n) is 2.58. The van der Waals surface area contributed by atoms with E-state index < -0.39 is 0 Å². The highest BCUT2D eigenvalue weighted by Crippen LogP contribution is 2.41. The molecule has 0 aliphatic carbocycles. The third kappa shape index (κ3) is 2.45. The fourth-order valence-corrected chi connectivity index (χ4v) is 2.58. The minimum absolute atomic E-state index is 0.143. The summed E-state index contributed by atoms with van der Waals surface area (Å²) in [5.74, 6) is 0.143. The summed E-state index contributed by atoms with van der Waals surface area (Å²) in [5.41, 5.74) is 4.12. The monoisotopic (exact) mass is 272 g/mol. The molecular weight excluding hydrogens is 248 g/mol. The van der Waals surface area contributed by atoms with Crippen molar-refractivity contribution in [1.82, 2.24) is 9.78 Å². The lowest BCUT2D eigenvalue weighted by molar-refractivity contribution is 0.414. The first-order chi connectivity index (χ1) is 9.23. The van der Waals surface area contributed by atoms with Crippen LogP contribution in [0.4, 0.5) is 0 Å². The van der Waals surface area contributed by atoms with E-state index in [1.54, 1.807) is 0 Å². The molecule has 0 radical (unpaired) electrons. The first kappa shape index (κ1) is 14.6. The zero-order valence-electron chi connectivity index (χ0n) is 13.2. The predicted molar refractivity (Wildman–Crippen MR) is 83.1 cm³/mol. The van der Waals surface area contributed by atoms with E-state index in [-0.39, 0.29) is 17.3 Å². The summed E-state index contributed by atoms with van der Waals surface area (Å²) in [5, 5.41) is 14.7. The van der Waals surface area contributed by atoms with Gasteiger partial charge in [-0.1, -0.05) is 45.0 Å². The van der Waals surface area contributed by atoms with E-state index in [0.29, 0.717) is 0 Å². The molecule has 0 saturated heterocycles. The molecule has 0 saturated carbocycles. The summed E-state index contributed by atoms with van der Waals surface area (Å²) in [4.78, 5) is 0. The number of hydrogen-bond acceptors (Lipinski definition) is 2. The summed E-state index contributed by atoms with van der Waals surface area (Å²) >= 11 is 0.